The van der Waals surface area contributed by atoms with Gasteiger partial charge in [0, 0.05) is 0 Å². The molecule has 1 heteroatoms. The third-order valence-electron chi connectivity index (χ3n) is 3.12. The Morgan fingerprint density at radius 3 is 2.18 bits per heavy atom. The summed E-state index contributed by atoms with van der Waals surface area (Å²) in [6.07, 6.45) is 0. The Morgan fingerprint density at radius 2 is 1.47 bits per heavy atom. The molecule has 0 aliphatic rings. The molecular formula is C16H11N. The van der Waals surface area contributed by atoms with Gasteiger partial charge in [0.1, 0.15) is 0 Å². The number of hydrogen-bond donors (Lipinski definition) is 0. The maximum absolute atomic E-state index is 8.90. The molecule has 0 heterocycles. The first-order valence-electron chi connectivity index (χ1n) is 5.61. The van der Waals surface area contributed by atoms with E-state index in [1.807, 2.05) is 18.2 Å². The molecular weight excluding hydrogens is 206 g/mol. The maximum atomic E-state index is 8.90. The summed E-state index contributed by atoms with van der Waals surface area (Å²) in [6, 6.07) is 18.7. The minimum Gasteiger partial charge on any atom is -0.192 e. The first kappa shape index (κ1) is 9.86. The first-order valence-corrected chi connectivity index (χ1v) is 5.61. The summed E-state index contributed by atoms with van der Waals surface area (Å²) >= 11 is 0. The monoisotopic (exact) mass is 217 g/mol. The number of nitriles is 1. The van der Waals surface area contributed by atoms with Crippen LogP contribution in [0.5, 0.6) is 0 Å². The Balaban J connectivity index is 2.45. The van der Waals surface area contributed by atoms with Gasteiger partial charge in [-0.15, -0.1) is 0 Å². The van der Waals surface area contributed by atoms with Gasteiger partial charge in [-0.05, 0) is 40.6 Å². The maximum Gasteiger partial charge on any atom is 0.0991 e. The Hall–Kier alpha value is -2.33. The highest BCUT2D eigenvalue weighted by Crippen LogP contribution is 2.26. The molecule has 0 saturated carbocycles. The van der Waals surface area contributed by atoms with Crippen molar-refractivity contribution in [2.24, 2.45) is 0 Å². The van der Waals surface area contributed by atoms with E-state index in [-0.39, 0.29) is 0 Å². The van der Waals surface area contributed by atoms with Crippen molar-refractivity contribution < 1.29 is 0 Å². The van der Waals surface area contributed by atoms with Gasteiger partial charge in [0.05, 0.1) is 11.6 Å². The molecule has 0 N–H and O–H groups in total. The zero-order valence-electron chi connectivity index (χ0n) is 9.57. The second kappa shape index (κ2) is 3.61. The Bertz CT molecular complexity index is 763. The first-order chi connectivity index (χ1) is 8.28. The van der Waals surface area contributed by atoms with E-state index in [9.17, 15) is 0 Å². The quantitative estimate of drug-likeness (QED) is 0.518. The highest BCUT2D eigenvalue weighted by Gasteiger charge is 2.01. The number of hydrogen-bond acceptors (Lipinski definition) is 1. The lowest BCUT2D eigenvalue weighted by molar-refractivity contribution is 1.49. The van der Waals surface area contributed by atoms with Gasteiger partial charge in [-0.25, -0.2) is 0 Å². The minimum atomic E-state index is 0.712. The van der Waals surface area contributed by atoms with Gasteiger partial charge in [0.25, 0.3) is 0 Å². The van der Waals surface area contributed by atoms with Gasteiger partial charge in [0.15, 0.2) is 0 Å². The lowest BCUT2D eigenvalue weighted by Crippen LogP contribution is -1.81. The van der Waals surface area contributed by atoms with Crippen LogP contribution in [0.3, 0.4) is 0 Å². The smallest absolute Gasteiger partial charge is 0.0991 e. The minimum absolute atomic E-state index is 0.712. The van der Waals surface area contributed by atoms with Gasteiger partial charge in [0.2, 0.25) is 0 Å². The van der Waals surface area contributed by atoms with E-state index in [0.29, 0.717) is 5.56 Å². The summed E-state index contributed by atoms with van der Waals surface area (Å²) in [5, 5.41) is 13.7. The van der Waals surface area contributed by atoms with E-state index >= 15 is 0 Å². The molecule has 0 atom stereocenters. The van der Waals surface area contributed by atoms with Crippen LogP contribution in [0.1, 0.15) is 11.1 Å². The molecule has 0 aromatic heterocycles. The molecule has 80 valence electrons. The van der Waals surface area contributed by atoms with Crippen molar-refractivity contribution in [2.45, 2.75) is 6.92 Å². The molecule has 0 fully saturated rings. The van der Waals surface area contributed by atoms with Gasteiger partial charge in [-0.3, -0.25) is 0 Å². The van der Waals surface area contributed by atoms with Crippen LogP contribution >= 0.6 is 0 Å². The number of nitrogens with zero attached hydrogens (tertiary/aromatic N) is 1. The largest absolute Gasteiger partial charge is 0.192 e. The lowest BCUT2D eigenvalue weighted by Gasteiger charge is -2.05. The zero-order valence-corrected chi connectivity index (χ0v) is 9.57. The average Bonchev–Trinajstić information content (AvgIpc) is 2.37. The van der Waals surface area contributed by atoms with Crippen LogP contribution in [-0.2, 0) is 0 Å². The summed E-state index contributed by atoms with van der Waals surface area (Å²) in [7, 11) is 0. The fourth-order valence-corrected chi connectivity index (χ4v) is 2.26. The standard InChI is InChI=1S/C16H11N/c1-11-2-6-15-13(8-11)4-5-14-9-12(10-17)3-7-16(14)15/h2-9H,1H3. The Kier molecular flexibility index (Phi) is 2.09. The van der Waals surface area contributed by atoms with Crippen LogP contribution in [0.15, 0.2) is 48.5 Å². The fraction of sp³-hybridized carbons (Fsp3) is 0.0625. The van der Waals surface area contributed by atoms with Crippen LogP contribution in [0, 0.1) is 18.3 Å². The third-order valence-corrected chi connectivity index (χ3v) is 3.12. The molecule has 0 saturated heterocycles. The summed E-state index contributed by atoms with van der Waals surface area (Å²) in [6.45, 7) is 2.10. The van der Waals surface area contributed by atoms with Gasteiger partial charge < -0.3 is 0 Å². The second-order valence-corrected chi connectivity index (χ2v) is 4.34. The van der Waals surface area contributed by atoms with E-state index < -0.39 is 0 Å². The summed E-state index contributed by atoms with van der Waals surface area (Å²) in [4.78, 5) is 0. The molecule has 0 radical (unpaired) electrons. The normalized spacial score (nSPS) is 10.6. The molecule has 1 nitrogen and oxygen atoms in total. The van der Waals surface area contributed by atoms with Crippen molar-refractivity contribution in [3.8, 4) is 6.07 Å². The van der Waals surface area contributed by atoms with E-state index in [4.69, 9.17) is 5.26 Å². The number of aryl methyl sites for hydroxylation is 1. The fourth-order valence-electron chi connectivity index (χ4n) is 2.26. The number of benzene rings is 3. The van der Waals surface area contributed by atoms with Crippen LogP contribution in [-0.4, -0.2) is 0 Å². The SMILES string of the molecule is Cc1ccc2c(ccc3cc(C#N)ccc32)c1. The third kappa shape index (κ3) is 1.55. The summed E-state index contributed by atoms with van der Waals surface area (Å²) < 4.78 is 0. The van der Waals surface area contributed by atoms with Crippen LogP contribution in [0.4, 0.5) is 0 Å². The highest BCUT2D eigenvalue weighted by molar-refractivity contribution is 6.07. The Labute approximate surface area is 99.9 Å². The van der Waals surface area contributed by atoms with Crippen molar-refractivity contribution in [3.63, 3.8) is 0 Å². The van der Waals surface area contributed by atoms with Gasteiger partial charge in [-0.2, -0.15) is 5.26 Å². The van der Waals surface area contributed by atoms with Crippen molar-refractivity contribution in [1.29, 1.82) is 5.26 Å². The van der Waals surface area contributed by atoms with Gasteiger partial charge >= 0.3 is 0 Å². The molecule has 0 bridgehead atoms. The van der Waals surface area contributed by atoms with E-state index in [1.54, 1.807) is 0 Å². The zero-order chi connectivity index (χ0) is 11.8. The van der Waals surface area contributed by atoms with Crippen molar-refractivity contribution >= 4 is 21.5 Å². The van der Waals surface area contributed by atoms with Crippen molar-refractivity contribution in [3.05, 3.63) is 59.7 Å². The number of fused-ring (bicyclic) bond motifs is 3. The van der Waals surface area contributed by atoms with E-state index in [2.05, 4.69) is 43.3 Å². The van der Waals surface area contributed by atoms with Crippen LogP contribution in [0.25, 0.3) is 21.5 Å². The molecule has 3 aromatic rings. The van der Waals surface area contributed by atoms with Crippen LogP contribution < -0.4 is 0 Å². The highest BCUT2D eigenvalue weighted by atomic mass is 14.2. The average molecular weight is 217 g/mol. The Morgan fingerprint density at radius 1 is 0.824 bits per heavy atom. The van der Waals surface area contributed by atoms with E-state index in [1.165, 1.54) is 21.7 Å². The van der Waals surface area contributed by atoms with E-state index in [0.717, 1.165) is 5.39 Å². The molecule has 17 heavy (non-hydrogen) atoms. The number of rotatable bonds is 0. The van der Waals surface area contributed by atoms with Gasteiger partial charge in [-0.1, -0.05) is 42.0 Å². The summed E-state index contributed by atoms with van der Waals surface area (Å²) in [5.74, 6) is 0. The molecule has 0 spiro atoms. The van der Waals surface area contributed by atoms with Crippen molar-refractivity contribution in [2.75, 3.05) is 0 Å². The van der Waals surface area contributed by atoms with Crippen LogP contribution in [0.2, 0.25) is 0 Å². The predicted molar refractivity (Wildman–Crippen MR) is 70.9 cm³/mol. The molecule has 0 aliphatic carbocycles. The molecule has 0 aliphatic heterocycles. The summed E-state index contributed by atoms with van der Waals surface area (Å²) in [5.41, 5.74) is 1.98. The molecule has 3 rings (SSSR count). The lowest BCUT2D eigenvalue weighted by atomic mass is 9.99. The molecule has 0 unspecified atom stereocenters. The predicted octanol–water partition coefficient (Wildman–Crippen LogP) is 4.17. The topological polar surface area (TPSA) is 23.8 Å². The molecule has 0 amide bonds. The molecule has 3 aromatic carbocycles. The second-order valence-electron chi connectivity index (χ2n) is 4.34. The van der Waals surface area contributed by atoms with Crippen molar-refractivity contribution in [1.82, 2.24) is 0 Å².